The minimum absolute atomic E-state index is 0.471. The van der Waals surface area contributed by atoms with E-state index in [1.807, 2.05) is 22.9 Å². The second-order valence-corrected chi connectivity index (χ2v) is 5.81. The molecule has 1 aliphatic rings. The van der Waals surface area contributed by atoms with E-state index in [0.717, 1.165) is 23.9 Å². The van der Waals surface area contributed by atoms with Gasteiger partial charge in [-0.3, -0.25) is 0 Å². The number of nitrogens with zero attached hydrogens (tertiary/aromatic N) is 3. The molecule has 0 radical (unpaired) electrons. The number of nitrogens with two attached hydrogens (primary N) is 1. The van der Waals surface area contributed by atoms with Crippen molar-refractivity contribution in [2.45, 2.75) is 26.3 Å². The molecule has 0 amide bonds. The van der Waals surface area contributed by atoms with E-state index in [9.17, 15) is 0 Å². The van der Waals surface area contributed by atoms with Gasteiger partial charge in [-0.2, -0.15) is 5.10 Å². The number of hydrogen-bond donors (Lipinski definition) is 1. The monoisotopic (exact) mass is 276 g/mol. The molecule has 2 heterocycles. The fourth-order valence-electron chi connectivity index (χ4n) is 2.72. The zero-order valence-corrected chi connectivity index (χ0v) is 11.6. The van der Waals surface area contributed by atoms with Crippen LogP contribution in [0.15, 0.2) is 24.3 Å². The first-order valence-electron chi connectivity index (χ1n) is 6.58. The van der Waals surface area contributed by atoms with E-state index in [-0.39, 0.29) is 0 Å². The van der Waals surface area contributed by atoms with Crippen LogP contribution in [-0.4, -0.2) is 14.8 Å². The third-order valence-corrected chi connectivity index (χ3v) is 3.90. The lowest BCUT2D eigenvalue weighted by atomic mass is 9.76. The molecular formula is C14H17ClN4. The number of pyridine rings is 1. The zero-order valence-electron chi connectivity index (χ0n) is 10.9. The summed E-state index contributed by atoms with van der Waals surface area (Å²) in [6.07, 6.45) is 2.54. The first-order valence-corrected chi connectivity index (χ1v) is 6.96. The van der Waals surface area contributed by atoms with Crippen molar-refractivity contribution in [3.8, 4) is 11.4 Å². The lowest BCUT2D eigenvalue weighted by Gasteiger charge is -2.32. The quantitative estimate of drug-likeness (QED) is 0.876. The van der Waals surface area contributed by atoms with Crippen molar-refractivity contribution in [1.29, 1.82) is 0 Å². The predicted octanol–water partition coefficient (Wildman–Crippen LogP) is 3.23. The highest BCUT2D eigenvalue weighted by molar-refractivity contribution is 6.29. The van der Waals surface area contributed by atoms with E-state index in [1.54, 1.807) is 6.07 Å². The fourth-order valence-corrected chi connectivity index (χ4v) is 2.88. The van der Waals surface area contributed by atoms with Crippen molar-refractivity contribution < 1.29 is 0 Å². The molecule has 0 saturated heterocycles. The van der Waals surface area contributed by atoms with Crippen molar-refractivity contribution in [1.82, 2.24) is 14.8 Å². The van der Waals surface area contributed by atoms with Gasteiger partial charge in [-0.05, 0) is 36.8 Å². The van der Waals surface area contributed by atoms with Gasteiger partial charge in [-0.25, -0.2) is 9.67 Å². The van der Waals surface area contributed by atoms with Gasteiger partial charge in [0, 0.05) is 12.6 Å². The van der Waals surface area contributed by atoms with Gasteiger partial charge in [0.2, 0.25) is 0 Å². The van der Waals surface area contributed by atoms with Crippen LogP contribution < -0.4 is 5.73 Å². The number of hydrogen-bond acceptors (Lipinski definition) is 3. The molecule has 5 heteroatoms. The lowest BCUT2D eigenvalue weighted by Crippen LogP contribution is -2.26. The zero-order chi connectivity index (χ0) is 13.4. The Bertz CT molecular complexity index is 587. The summed E-state index contributed by atoms with van der Waals surface area (Å²) < 4.78 is 1.88. The standard InChI is InChI=1S/C14H17ClN4/c1-9-5-10(6-9)8-19-14(16)7-12(18-19)11-3-2-4-13(15)17-11/h2-4,7,9-10H,5-6,8,16H2,1H3. The van der Waals surface area contributed by atoms with Crippen LogP contribution in [0, 0.1) is 11.8 Å². The fraction of sp³-hybridized carbons (Fsp3) is 0.429. The average molecular weight is 277 g/mol. The van der Waals surface area contributed by atoms with Gasteiger partial charge in [0.15, 0.2) is 0 Å². The van der Waals surface area contributed by atoms with E-state index in [1.165, 1.54) is 12.8 Å². The van der Waals surface area contributed by atoms with Crippen molar-refractivity contribution >= 4 is 17.4 Å². The van der Waals surface area contributed by atoms with Gasteiger partial charge in [0.1, 0.15) is 16.7 Å². The summed E-state index contributed by atoms with van der Waals surface area (Å²) in [5.41, 5.74) is 7.57. The Labute approximate surface area is 117 Å². The van der Waals surface area contributed by atoms with Gasteiger partial charge in [0.25, 0.3) is 0 Å². The number of nitrogen functional groups attached to an aromatic ring is 1. The van der Waals surface area contributed by atoms with Gasteiger partial charge in [-0.1, -0.05) is 24.6 Å². The van der Waals surface area contributed by atoms with Crippen molar-refractivity contribution in [2.75, 3.05) is 5.73 Å². The van der Waals surface area contributed by atoms with E-state index < -0.39 is 0 Å². The lowest BCUT2D eigenvalue weighted by molar-refractivity contribution is 0.183. The van der Waals surface area contributed by atoms with Gasteiger partial charge in [0.05, 0.1) is 5.69 Å². The maximum Gasteiger partial charge on any atom is 0.129 e. The topological polar surface area (TPSA) is 56.7 Å². The molecule has 4 nitrogen and oxygen atoms in total. The SMILES string of the molecule is CC1CC(Cn2nc(-c3cccc(Cl)n3)cc2N)C1. The van der Waals surface area contributed by atoms with Gasteiger partial charge < -0.3 is 5.73 Å². The van der Waals surface area contributed by atoms with E-state index in [4.69, 9.17) is 17.3 Å². The minimum atomic E-state index is 0.471. The Kier molecular flexibility index (Phi) is 3.19. The molecule has 19 heavy (non-hydrogen) atoms. The maximum atomic E-state index is 6.02. The molecule has 2 aromatic heterocycles. The molecule has 1 aliphatic carbocycles. The summed E-state index contributed by atoms with van der Waals surface area (Å²) >= 11 is 5.90. The van der Waals surface area contributed by atoms with Crippen molar-refractivity contribution in [3.63, 3.8) is 0 Å². The molecule has 1 saturated carbocycles. The second kappa shape index (κ2) is 4.85. The normalized spacial score (nSPS) is 22.2. The highest BCUT2D eigenvalue weighted by Gasteiger charge is 2.26. The van der Waals surface area contributed by atoms with Gasteiger partial charge in [-0.15, -0.1) is 0 Å². The number of aromatic nitrogens is 3. The smallest absolute Gasteiger partial charge is 0.129 e. The van der Waals surface area contributed by atoms with Crippen LogP contribution in [0.2, 0.25) is 5.15 Å². The van der Waals surface area contributed by atoms with Crippen LogP contribution >= 0.6 is 11.6 Å². The number of rotatable bonds is 3. The van der Waals surface area contributed by atoms with Gasteiger partial charge >= 0.3 is 0 Å². The Hall–Kier alpha value is -1.55. The number of anilines is 1. The molecule has 0 spiro atoms. The summed E-state index contributed by atoms with van der Waals surface area (Å²) in [6.45, 7) is 3.18. The molecule has 3 rings (SSSR count). The molecule has 100 valence electrons. The summed E-state index contributed by atoms with van der Waals surface area (Å²) in [6, 6.07) is 7.37. The molecule has 0 atom stereocenters. The van der Waals surface area contributed by atoms with Crippen molar-refractivity contribution in [2.24, 2.45) is 11.8 Å². The summed E-state index contributed by atoms with van der Waals surface area (Å²) in [4.78, 5) is 4.26. The third-order valence-electron chi connectivity index (χ3n) is 3.69. The molecule has 1 fully saturated rings. The highest BCUT2D eigenvalue weighted by Crippen LogP contribution is 2.34. The Morgan fingerprint density at radius 2 is 2.16 bits per heavy atom. The predicted molar refractivity (Wildman–Crippen MR) is 76.8 cm³/mol. The van der Waals surface area contributed by atoms with E-state index >= 15 is 0 Å². The van der Waals surface area contributed by atoms with E-state index in [0.29, 0.717) is 16.9 Å². The first-order chi connectivity index (χ1) is 9.11. The average Bonchev–Trinajstić information content (AvgIpc) is 2.69. The van der Waals surface area contributed by atoms with Crippen LogP contribution in [0.1, 0.15) is 19.8 Å². The summed E-state index contributed by atoms with van der Waals surface area (Å²) in [5.74, 6) is 2.24. The molecule has 0 bridgehead atoms. The molecule has 2 N–H and O–H groups in total. The molecule has 2 aromatic rings. The van der Waals surface area contributed by atoms with Crippen LogP contribution in [0.5, 0.6) is 0 Å². The molecule has 0 unspecified atom stereocenters. The second-order valence-electron chi connectivity index (χ2n) is 5.42. The van der Waals surface area contributed by atoms with E-state index in [2.05, 4.69) is 17.0 Å². The summed E-state index contributed by atoms with van der Waals surface area (Å²) in [7, 11) is 0. The Morgan fingerprint density at radius 1 is 1.37 bits per heavy atom. The third kappa shape index (κ3) is 2.59. The highest BCUT2D eigenvalue weighted by atomic mass is 35.5. The van der Waals surface area contributed by atoms with Crippen LogP contribution in [0.25, 0.3) is 11.4 Å². The van der Waals surface area contributed by atoms with Crippen molar-refractivity contribution in [3.05, 3.63) is 29.4 Å². The molecular weight excluding hydrogens is 260 g/mol. The number of halogens is 1. The molecule has 0 aromatic carbocycles. The van der Waals surface area contributed by atoms with Crippen LogP contribution in [0.4, 0.5) is 5.82 Å². The Morgan fingerprint density at radius 3 is 2.84 bits per heavy atom. The van der Waals surface area contributed by atoms with Crippen LogP contribution in [-0.2, 0) is 6.54 Å². The van der Waals surface area contributed by atoms with Crippen LogP contribution in [0.3, 0.4) is 0 Å². The molecule has 0 aliphatic heterocycles. The largest absolute Gasteiger partial charge is 0.384 e. The first kappa shape index (κ1) is 12.5. The summed E-state index contributed by atoms with van der Waals surface area (Å²) in [5, 5.41) is 5.01. The Balaban J connectivity index is 1.81. The maximum absolute atomic E-state index is 6.02. The minimum Gasteiger partial charge on any atom is -0.384 e.